The number of nitrogens with one attached hydrogen (secondary N) is 2. The Morgan fingerprint density at radius 3 is 2.48 bits per heavy atom. The number of carbonyl (C=O) groups excluding carboxylic acids is 1. The van der Waals surface area contributed by atoms with Crippen LogP contribution in [0.1, 0.15) is 11.1 Å². The topological polar surface area (TPSA) is 96.9 Å². The summed E-state index contributed by atoms with van der Waals surface area (Å²) in [5, 5.41) is 2.53. The molecular formula is C18H16F3N3O4S. The third-order valence-corrected chi connectivity index (χ3v) is 5.32. The first kappa shape index (κ1) is 20.6. The van der Waals surface area contributed by atoms with Crippen molar-refractivity contribution >= 4 is 21.8 Å². The van der Waals surface area contributed by atoms with Crippen molar-refractivity contribution in [3.05, 3.63) is 59.7 Å². The molecule has 0 bridgehead atoms. The van der Waals surface area contributed by atoms with Gasteiger partial charge in [-0.25, -0.2) is 8.42 Å². The second-order valence-corrected chi connectivity index (χ2v) is 7.64. The molecule has 0 aromatic heterocycles. The minimum Gasteiger partial charge on any atom is -0.492 e. The van der Waals surface area contributed by atoms with E-state index in [2.05, 4.69) is 15.0 Å². The van der Waals surface area contributed by atoms with Gasteiger partial charge >= 0.3 is 6.18 Å². The number of aliphatic imine (C=N–C) groups is 1. The molecule has 0 saturated heterocycles. The Balaban J connectivity index is 1.46. The van der Waals surface area contributed by atoms with E-state index in [4.69, 9.17) is 4.74 Å². The Morgan fingerprint density at radius 2 is 1.79 bits per heavy atom. The standard InChI is InChI=1S/C18H16F3N3O4S/c19-18(20,21)12-5-7-13(8-6-12)28-10-9-22-16(25)11-23-17-14-3-1-2-4-15(14)29(26,27)24-17/h1-8H,9-11H2,(H,22,25)(H,23,24). The van der Waals surface area contributed by atoms with E-state index in [0.717, 1.165) is 12.1 Å². The third kappa shape index (κ3) is 5.05. The van der Waals surface area contributed by atoms with Gasteiger partial charge in [-0.3, -0.25) is 14.5 Å². The summed E-state index contributed by atoms with van der Waals surface area (Å²) < 4.78 is 68.9. The maximum Gasteiger partial charge on any atom is 0.416 e. The van der Waals surface area contributed by atoms with E-state index in [0.29, 0.717) is 5.56 Å². The van der Waals surface area contributed by atoms with Crippen molar-refractivity contribution in [3.8, 4) is 5.75 Å². The molecule has 154 valence electrons. The maximum atomic E-state index is 12.5. The highest BCUT2D eigenvalue weighted by molar-refractivity contribution is 7.90. The second kappa shape index (κ2) is 8.11. The first-order chi connectivity index (χ1) is 13.7. The number of amides is 1. The van der Waals surface area contributed by atoms with Crippen LogP contribution in [-0.2, 0) is 21.0 Å². The Labute approximate surface area is 164 Å². The minimum absolute atomic E-state index is 0.0448. The third-order valence-electron chi connectivity index (χ3n) is 3.92. The minimum atomic E-state index is -4.41. The Bertz CT molecular complexity index is 1040. The van der Waals surface area contributed by atoms with Crippen LogP contribution in [0.4, 0.5) is 13.2 Å². The van der Waals surface area contributed by atoms with Crippen LogP contribution in [0.25, 0.3) is 0 Å². The van der Waals surface area contributed by atoms with Crippen LogP contribution >= 0.6 is 0 Å². The number of nitrogens with zero attached hydrogens (tertiary/aromatic N) is 1. The van der Waals surface area contributed by atoms with Crippen molar-refractivity contribution in [2.24, 2.45) is 4.99 Å². The SMILES string of the molecule is O=C(CN=C1NS(=O)(=O)c2ccccc21)NCCOc1ccc(C(F)(F)F)cc1. The second-order valence-electron chi connectivity index (χ2n) is 5.99. The summed E-state index contributed by atoms with van der Waals surface area (Å²) in [6, 6.07) is 10.5. The van der Waals surface area contributed by atoms with E-state index < -0.39 is 27.7 Å². The highest BCUT2D eigenvalue weighted by Gasteiger charge is 2.30. The smallest absolute Gasteiger partial charge is 0.416 e. The quantitative estimate of drug-likeness (QED) is 0.689. The number of halogens is 3. The van der Waals surface area contributed by atoms with E-state index >= 15 is 0 Å². The number of hydrogen-bond acceptors (Lipinski definition) is 5. The molecule has 11 heteroatoms. The van der Waals surface area contributed by atoms with Crippen LogP contribution in [0.3, 0.4) is 0 Å². The van der Waals surface area contributed by atoms with Gasteiger partial charge in [-0.15, -0.1) is 0 Å². The average Bonchev–Trinajstić information content (AvgIpc) is 2.94. The van der Waals surface area contributed by atoms with Gasteiger partial charge in [0.2, 0.25) is 5.91 Å². The zero-order chi connectivity index (χ0) is 21.1. The van der Waals surface area contributed by atoms with Crippen LogP contribution in [0.5, 0.6) is 5.75 Å². The first-order valence-electron chi connectivity index (χ1n) is 8.40. The van der Waals surface area contributed by atoms with Gasteiger partial charge in [0.15, 0.2) is 0 Å². The highest BCUT2D eigenvalue weighted by atomic mass is 32.2. The lowest BCUT2D eigenvalue weighted by Gasteiger charge is -2.09. The van der Waals surface area contributed by atoms with Gasteiger partial charge in [0, 0.05) is 5.56 Å². The molecule has 3 rings (SSSR count). The lowest BCUT2D eigenvalue weighted by atomic mass is 10.2. The number of ether oxygens (including phenoxy) is 1. The summed E-state index contributed by atoms with van der Waals surface area (Å²) in [4.78, 5) is 16.0. The van der Waals surface area contributed by atoms with E-state index in [1.165, 1.54) is 18.2 Å². The predicted octanol–water partition coefficient (Wildman–Crippen LogP) is 1.94. The number of amidine groups is 1. The van der Waals surface area contributed by atoms with E-state index in [-0.39, 0.29) is 36.2 Å². The summed E-state index contributed by atoms with van der Waals surface area (Å²) in [5.74, 6) is -0.127. The summed E-state index contributed by atoms with van der Waals surface area (Å²) >= 11 is 0. The van der Waals surface area contributed by atoms with Crippen molar-refractivity contribution in [3.63, 3.8) is 0 Å². The summed E-state index contributed by atoms with van der Waals surface area (Å²) in [6.07, 6.45) is -4.41. The fourth-order valence-electron chi connectivity index (χ4n) is 2.56. The molecular weight excluding hydrogens is 411 g/mol. The zero-order valence-electron chi connectivity index (χ0n) is 14.9. The summed E-state index contributed by atoms with van der Waals surface area (Å²) in [6.45, 7) is -0.150. The lowest BCUT2D eigenvalue weighted by Crippen LogP contribution is -2.31. The first-order valence-corrected chi connectivity index (χ1v) is 9.88. The van der Waals surface area contributed by atoms with Gasteiger partial charge < -0.3 is 10.1 Å². The molecule has 0 aliphatic carbocycles. The molecule has 29 heavy (non-hydrogen) atoms. The van der Waals surface area contributed by atoms with Gasteiger partial charge in [0.25, 0.3) is 10.0 Å². The Morgan fingerprint density at radius 1 is 1.10 bits per heavy atom. The number of carbonyl (C=O) groups is 1. The molecule has 2 aromatic carbocycles. The molecule has 1 aliphatic heterocycles. The fraction of sp³-hybridized carbons (Fsp3) is 0.222. The molecule has 0 spiro atoms. The van der Waals surface area contributed by atoms with Crippen molar-refractivity contribution in [2.45, 2.75) is 11.1 Å². The van der Waals surface area contributed by atoms with Gasteiger partial charge in [-0.05, 0) is 36.4 Å². The Hall–Kier alpha value is -3.08. The summed E-state index contributed by atoms with van der Waals surface area (Å²) in [5.41, 5.74) is -0.382. The van der Waals surface area contributed by atoms with Crippen molar-refractivity contribution in [2.75, 3.05) is 19.7 Å². The van der Waals surface area contributed by atoms with E-state index in [9.17, 15) is 26.4 Å². The number of benzene rings is 2. The van der Waals surface area contributed by atoms with Gasteiger partial charge in [-0.2, -0.15) is 13.2 Å². The monoisotopic (exact) mass is 427 g/mol. The fourth-order valence-corrected chi connectivity index (χ4v) is 3.81. The molecule has 0 radical (unpaired) electrons. The highest BCUT2D eigenvalue weighted by Crippen LogP contribution is 2.30. The van der Waals surface area contributed by atoms with Crippen LogP contribution < -0.4 is 14.8 Å². The number of sulfonamides is 1. The normalized spacial score (nSPS) is 16.2. The van der Waals surface area contributed by atoms with Gasteiger partial charge in [0.1, 0.15) is 24.7 Å². The molecule has 0 fully saturated rings. The van der Waals surface area contributed by atoms with Crippen molar-refractivity contribution in [1.29, 1.82) is 0 Å². The predicted molar refractivity (Wildman–Crippen MR) is 98.1 cm³/mol. The molecule has 7 nitrogen and oxygen atoms in total. The number of hydrogen-bond donors (Lipinski definition) is 2. The molecule has 2 aromatic rings. The van der Waals surface area contributed by atoms with Crippen molar-refractivity contribution in [1.82, 2.24) is 10.0 Å². The van der Waals surface area contributed by atoms with Gasteiger partial charge in [0.05, 0.1) is 17.0 Å². The molecule has 0 unspecified atom stereocenters. The van der Waals surface area contributed by atoms with Crippen LogP contribution in [0.2, 0.25) is 0 Å². The molecule has 0 saturated carbocycles. The largest absolute Gasteiger partial charge is 0.492 e. The van der Waals surface area contributed by atoms with Crippen LogP contribution in [0, 0.1) is 0 Å². The molecule has 0 atom stereocenters. The van der Waals surface area contributed by atoms with Crippen LogP contribution in [-0.4, -0.2) is 39.9 Å². The molecule has 2 N–H and O–H groups in total. The molecule has 1 aliphatic rings. The summed E-state index contributed by atoms with van der Waals surface area (Å²) in [7, 11) is -3.67. The van der Waals surface area contributed by atoms with Gasteiger partial charge in [-0.1, -0.05) is 12.1 Å². The molecule has 1 heterocycles. The van der Waals surface area contributed by atoms with Crippen molar-refractivity contribution < 1.29 is 31.1 Å². The number of alkyl halides is 3. The zero-order valence-corrected chi connectivity index (χ0v) is 15.7. The molecule has 1 amide bonds. The van der Waals surface area contributed by atoms with Crippen LogP contribution in [0.15, 0.2) is 58.4 Å². The van der Waals surface area contributed by atoms with E-state index in [1.807, 2.05) is 0 Å². The maximum absolute atomic E-state index is 12.5. The Kier molecular flexibility index (Phi) is 5.78. The van der Waals surface area contributed by atoms with E-state index in [1.54, 1.807) is 18.2 Å². The average molecular weight is 427 g/mol. The number of rotatable bonds is 6. The lowest BCUT2D eigenvalue weighted by molar-refractivity contribution is -0.137. The number of fused-ring (bicyclic) bond motifs is 1.